The maximum atomic E-state index is 12.1. The van der Waals surface area contributed by atoms with E-state index in [0.29, 0.717) is 5.56 Å². The van der Waals surface area contributed by atoms with Crippen LogP contribution in [0.2, 0.25) is 0 Å². The van der Waals surface area contributed by atoms with Crippen molar-refractivity contribution in [2.24, 2.45) is 5.73 Å². The summed E-state index contributed by atoms with van der Waals surface area (Å²) in [4.78, 5) is 21.1. The van der Waals surface area contributed by atoms with E-state index in [4.69, 9.17) is 10.8 Å². The smallest absolute Gasteiger partial charge is 0.404 e. The summed E-state index contributed by atoms with van der Waals surface area (Å²) in [5.41, 5.74) is 5.05. The Balaban J connectivity index is 3.02. The number of hydrogen-bond acceptors (Lipinski definition) is 5. The number of amides is 1. The van der Waals surface area contributed by atoms with Crippen molar-refractivity contribution in [3.05, 3.63) is 27.7 Å². The molecule has 0 radical (unpaired) electrons. The zero-order valence-corrected chi connectivity index (χ0v) is 13.3. The number of carboxylic acids is 1. The topological polar surface area (TPSA) is 136 Å². The Bertz CT molecular complexity index is 674. The van der Waals surface area contributed by atoms with Gasteiger partial charge in [0.05, 0.1) is 10.5 Å². The van der Waals surface area contributed by atoms with Gasteiger partial charge < -0.3 is 15.6 Å². The molecular formula is C11H13BrN2O6S. The van der Waals surface area contributed by atoms with Gasteiger partial charge in [0.2, 0.25) is 10.0 Å². The molecule has 116 valence electrons. The molecule has 1 rings (SSSR count). The van der Waals surface area contributed by atoms with E-state index in [1.54, 1.807) is 6.92 Å². The number of hydrogen-bond donors (Lipinski definition) is 3. The number of carboxylic acid groups (broad SMARTS) is 1. The normalized spacial score (nSPS) is 11.1. The van der Waals surface area contributed by atoms with Crippen molar-refractivity contribution in [2.45, 2.75) is 11.8 Å². The Morgan fingerprint density at radius 1 is 1.43 bits per heavy atom. The standard InChI is InChI=1S/C11H13BrN2O6S/c1-6-4-7(10(15)16)5-8(9(6)12)21(18,19)14-2-3-20-11(13)17/h4-5,14H,2-3H2,1H3,(H2,13,17)(H,15,16). The largest absolute Gasteiger partial charge is 0.478 e. The third kappa shape index (κ3) is 4.69. The molecule has 0 aliphatic rings. The van der Waals surface area contributed by atoms with Crippen LogP contribution in [-0.2, 0) is 14.8 Å². The van der Waals surface area contributed by atoms with E-state index in [9.17, 15) is 18.0 Å². The molecule has 0 bridgehead atoms. The summed E-state index contributed by atoms with van der Waals surface area (Å²) in [5, 5.41) is 8.96. The summed E-state index contributed by atoms with van der Waals surface area (Å²) in [5.74, 6) is -1.24. The van der Waals surface area contributed by atoms with Gasteiger partial charge in [-0.1, -0.05) is 0 Å². The molecule has 8 nitrogen and oxygen atoms in total. The monoisotopic (exact) mass is 380 g/mol. The quantitative estimate of drug-likeness (QED) is 0.625. The molecule has 0 atom stereocenters. The Morgan fingerprint density at radius 2 is 2.05 bits per heavy atom. The zero-order valence-electron chi connectivity index (χ0n) is 10.9. The maximum Gasteiger partial charge on any atom is 0.404 e. The Kier molecular flexibility index (Phi) is 5.70. The predicted octanol–water partition coefficient (Wildman–Crippen LogP) is 0.829. The van der Waals surface area contributed by atoms with E-state index in [-0.39, 0.29) is 28.1 Å². The molecule has 1 aromatic carbocycles. The van der Waals surface area contributed by atoms with Gasteiger partial charge >= 0.3 is 12.1 Å². The molecular weight excluding hydrogens is 368 g/mol. The van der Waals surface area contributed by atoms with Crippen molar-refractivity contribution in [3.63, 3.8) is 0 Å². The number of halogens is 1. The third-order valence-electron chi connectivity index (χ3n) is 2.40. The van der Waals surface area contributed by atoms with Crippen molar-refractivity contribution < 1.29 is 27.9 Å². The van der Waals surface area contributed by atoms with Gasteiger partial charge in [-0.05, 0) is 40.5 Å². The van der Waals surface area contributed by atoms with Crippen molar-refractivity contribution in [3.8, 4) is 0 Å². The molecule has 0 aliphatic heterocycles. The number of carbonyl (C=O) groups excluding carboxylic acids is 1. The molecule has 4 N–H and O–H groups in total. The van der Waals surface area contributed by atoms with Crippen LogP contribution in [0, 0.1) is 6.92 Å². The van der Waals surface area contributed by atoms with Gasteiger partial charge in [-0.25, -0.2) is 22.7 Å². The first-order valence-electron chi connectivity index (χ1n) is 5.60. The summed E-state index contributed by atoms with van der Waals surface area (Å²) in [6, 6.07) is 2.39. The number of rotatable bonds is 6. The van der Waals surface area contributed by atoms with Crippen LogP contribution in [0.15, 0.2) is 21.5 Å². The van der Waals surface area contributed by atoms with Crippen LogP contribution in [0.5, 0.6) is 0 Å². The molecule has 0 heterocycles. The fraction of sp³-hybridized carbons (Fsp3) is 0.273. The van der Waals surface area contributed by atoms with Crippen LogP contribution in [0.1, 0.15) is 15.9 Å². The summed E-state index contributed by atoms with van der Waals surface area (Å²) in [6.45, 7) is 1.16. The lowest BCUT2D eigenvalue weighted by Gasteiger charge is -2.11. The average molecular weight is 381 g/mol. The Hall–Kier alpha value is -1.65. The molecule has 0 aliphatic carbocycles. The van der Waals surface area contributed by atoms with Gasteiger partial charge in [0, 0.05) is 11.0 Å². The van der Waals surface area contributed by atoms with E-state index >= 15 is 0 Å². The van der Waals surface area contributed by atoms with Crippen LogP contribution < -0.4 is 10.5 Å². The number of benzene rings is 1. The number of sulfonamides is 1. The lowest BCUT2D eigenvalue weighted by molar-refractivity contribution is 0.0696. The SMILES string of the molecule is Cc1cc(C(=O)O)cc(S(=O)(=O)NCCOC(N)=O)c1Br. The highest BCUT2D eigenvalue weighted by atomic mass is 79.9. The van der Waals surface area contributed by atoms with E-state index in [0.717, 1.165) is 6.07 Å². The van der Waals surface area contributed by atoms with Crippen LogP contribution >= 0.6 is 15.9 Å². The molecule has 21 heavy (non-hydrogen) atoms. The highest BCUT2D eigenvalue weighted by Gasteiger charge is 2.21. The first-order valence-corrected chi connectivity index (χ1v) is 7.88. The van der Waals surface area contributed by atoms with E-state index in [1.165, 1.54) is 6.07 Å². The molecule has 0 saturated heterocycles. The Morgan fingerprint density at radius 3 is 2.57 bits per heavy atom. The first kappa shape index (κ1) is 17.4. The number of carbonyl (C=O) groups is 2. The van der Waals surface area contributed by atoms with Crippen molar-refractivity contribution in [2.75, 3.05) is 13.2 Å². The van der Waals surface area contributed by atoms with Crippen molar-refractivity contribution >= 4 is 38.0 Å². The lowest BCUT2D eigenvalue weighted by atomic mass is 10.1. The van der Waals surface area contributed by atoms with Crippen LogP contribution in [0.25, 0.3) is 0 Å². The average Bonchev–Trinajstić information content (AvgIpc) is 2.37. The minimum absolute atomic E-state index is 0.149. The molecule has 10 heteroatoms. The van der Waals surface area contributed by atoms with Crippen LogP contribution in [0.4, 0.5) is 4.79 Å². The van der Waals surface area contributed by atoms with Gasteiger partial charge in [0.15, 0.2) is 0 Å². The summed E-state index contributed by atoms with van der Waals surface area (Å²) in [6.07, 6.45) is -1.01. The fourth-order valence-corrected chi connectivity index (χ4v) is 3.52. The maximum absolute atomic E-state index is 12.1. The number of aromatic carboxylic acids is 1. The molecule has 0 unspecified atom stereocenters. The van der Waals surface area contributed by atoms with Gasteiger partial charge in [-0.3, -0.25) is 0 Å². The number of nitrogens with one attached hydrogen (secondary N) is 1. The van der Waals surface area contributed by atoms with Crippen LogP contribution in [-0.4, -0.2) is 38.7 Å². The fourth-order valence-electron chi connectivity index (χ4n) is 1.46. The summed E-state index contributed by atoms with van der Waals surface area (Å²) >= 11 is 3.11. The number of primary amides is 1. The van der Waals surface area contributed by atoms with Gasteiger partial charge in [0.25, 0.3) is 0 Å². The lowest BCUT2D eigenvalue weighted by Crippen LogP contribution is -2.29. The van der Waals surface area contributed by atoms with Gasteiger partial charge in [0.1, 0.15) is 6.61 Å². The minimum Gasteiger partial charge on any atom is -0.478 e. The highest BCUT2D eigenvalue weighted by Crippen LogP contribution is 2.27. The molecule has 0 spiro atoms. The van der Waals surface area contributed by atoms with E-state index < -0.39 is 22.1 Å². The van der Waals surface area contributed by atoms with E-state index in [1.807, 2.05) is 0 Å². The first-order chi connectivity index (χ1) is 9.65. The van der Waals surface area contributed by atoms with Gasteiger partial charge in [-0.2, -0.15) is 0 Å². The molecule has 1 amide bonds. The van der Waals surface area contributed by atoms with Crippen molar-refractivity contribution in [1.82, 2.24) is 4.72 Å². The molecule has 0 aromatic heterocycles. The Labute approximate surface area is 129 Å². The predicted molar refractivity (Wildman–Crippen MR) is 76.6 cm³/mol. The zero-order chi connectivity index (χ0) is 16.2. The second-order valence-electron chi connectivity index (χ2n) is 3.98. The van der Waals surface area contributed by atoms with Gasteiger partial charge in [-0.15, -0.1) is 0 Å². The minimum atomic E-state index is -3.96. The molecule has 0 fully saturated rings. The molecule has 0 saturated carbocycles. The van der Waals surface area contributed by atoms with Crippen LogP contribution in [0.3, 0.4) is 0 Å². The number of nitrogens with two attached hydrogens (primary N) is 1. The summed E-state index contributed by atoms with van der Waals surface area (Å²) in [7, 11) is -3.96. The third-order valence-corrected chi connectivity index (χ3v) is 5.20. The van der Waals surface area contributed by atoms with E-state index in [2.05, 4.69) is 25.4 Å². The number of aryl methyl sites for hydroxylation is 1. The highest BCUT2D eigenvalue weighted by molar-refractivity contribution is 9.10. The second-order valence-corrected chi connectivity index (χ2v) is 6.50. The second kappa shape index (κ2) is 6.87. The van der Waals surface area contributed by atoms with Crippen molar-refractivity contribution in [1.29, 1.82) is 0 Å². The summed E-state index contributed by atoms with van der Waals surface area (Å²) < 4.78 is 31.1. The number of ether oxygens (including phenoxy) is 1. The molecule has 1 aromatic rings.